The third-order valence-electron chi connectivity index (χ3n) is 5.29. The second-order valence-corrected chi connectivity index (χ2v) is 7.58. The average Bonchev–Trinajstić information content (AvgIpc) is 2.57. The molecular formula is C19H29F2N3O. The minimum Gasteiger partial charge on any atom is -0.382 e. The standard InChI is InChI=1S/C19H29F2N3O/c1-12-10-24(11-13(2)25-12)17-8-7-16(18(20)19(17)21)23-9-14-3-5-15(22)6-4-14/h7-8,12-15,23H,3-6,9-11,22H2,1-2H3/t12-,13?,14?,15?/m1/s1. The number of nitrogens with zero attached hydrogens (tertiary/aromatic N) is 1. The molecule has 2 aliphatic rings. The van der Waals surface area contributed by atoms with Gasteiger partial charge in [-0.3, -0.25) is 0 Å². The predicted octanol–water partition coefficient (Wildman–Crippen LogP) is 3.51. The van der Waals surface area contributed by atoms with E-state index in [0.717, 1.165) is 25.7 Å². The SMILES string of the molecule is CC1CN(c2ccc(NCC3CCC(N)CC3)c(F)c2F)C[C@@H](C)O1. The molecule has 1 aliphatic heterocycles. The van der Waals surface area contributed by atoms with Gasteiger partial charge in [0.2, 0.25) is 0 Å². The van der Waals surface area contributed by atoms with E-state index in [-0.39, 0.29) is 17.9 Å². The van der Waals surface area contributed by atoms with E-state index in [1.54, 1.807) is 12.1 Å². The topological polar surface area (TPSA) is 50.5 Å². The highest BCUT2D eigenvalue weighted by Crippen LogP contribution is 2.30. The first-order valence-corrected chi connectivity index (χ1v) is 9.32. The van der Waals surface area contributed by atoms with E-state index in [1.165, 1.54) is 0 Å². The molecule has 0 radical (unpaired) electrons. The molecule has 140 valence electrons. The molecule has 0 amide bonds. The number of halogens is 2. The Labute approximate surface area is 148 Å². The van der Waals surface area contributed by atoms with Crippen LogP contribution in [-0.2, 0) is 4.74 Å². The van der Waals surface area contributed by atoms with Gasteiger partial charge in [0.05, 0.1) is 23.6 Å². The van der Waals surface area contributed by atoms with Crippen molar-refractivity contribution in [1.82, 2.24) is 0 Å². The maximum absolute atomic E-state index is 14.6. The van der Waals surface area contributed by atoms with Gasteiger partial charge >= 0.3 is 0 Å². The summed E-state index contributed by atoms with van der Waals surface area (Å²) in [6.45, 7) is 5.69. The van der Waals surface area contributed by atoms with Gasteiger partial charge in [0.1, 0.15) is 0 Å². The van der Waals surface area contributed by atoms with Gasteiger partial charge in [-0.1, -0.05) is 0 Å². The zero-order valence-electron chi connectivity index (χ0n) is 15.1. The third-order valence-corrected chi connectivity index (χ3v) is 5.29. The minimum atomic E-state index is -0.795. The Kier molecular flexibility index (Phi) is 5.79. The normalized spacial score (nSPS) is 30.4. The van der Waals surface area contributed by atoms with Gasteiger partial charge < -0.3 is 20.7 Å². The van der Waals surface area contributed by atoms with Crippen LogP contribution in [0, 0.1) is 17.6 Å². The Morgan fingerprint density at radius 3 is 2.36 bits per heavy atom. The number of hydrogen-bond acceptors (Lipinski definition) is 4. The van der Waals surface area contributed by atoms with E-state index in [4.69, 9.17) is 10.5 Å². The van der Waals surface area contributed by atoms with Crippen molar-refractivity contribution in [1.29, 1.82) is 0 Å². The van der Waals surface area contributed by atoms with Crippen LogP contribution >= 0.6 is 0 Å². The highest BCUT2D eigenvalue weighted by molar-refractivity contribution is 5.58. The first-order valence-electron chi connectivity index (χ1n) is 9.32. The monoisotopic (exact) mass is 353 g/mol. The highest BCUT2D eigenvalue weighted by Gasteiger charge is 2.26. The van der Waals surface area contributed by atoms with Gasteiger partial charge in [-0.25, -0.2) is 8.78 Å². The van der Waals surface area contributed by atoms with Crippen molar-refractivity contribution in [3.8, 4) is 0 Å². The summed E-state index contributed by atoms with van der Waals surface area (Å²) < 4.78 is 34.8. The lowest BCUT2D eigenvalue weighted by atomic mass is 9.86. The van der Waals surface area contributed by atoms with Crippen molar-refractivity contribution in [2.24, 2.45) is 11.7 Å². The van der Waals surface area contributed by atoms with Crippen molar-refractivity contribution in [3.63, 3.8) is 0 Å². The summed E-state index contributed by atoms with van der Waals surface area (Å²) in [5.74, 6) is -1.10. The summed E-state index contributed by atoms with van der Waals surface area (Å²) in [6.07, 6.45) is 4.11. The number of nitrogens with one attached hydrogen (secondary N) is 1. The lowest BCUT2D eigenvalue weighted by Gasteiger charge is -2.37. The lowest BCUT2D eigenvalue weighted by molar-refractivity contribution is -0.00542. The molecule has 1 aliphatic carbocycles. The highest BCUT2D eigenvalue weighted by atomic mass is 19.2. The van der Waals surface area contributed by atoms with Gasteiger partial charge in [0.15, 0.2) is 11.6 Å². The molecule has 1 aromatic carbocycles. The Morgan fingerprint density at radius 2 is 1.72 bits per heavy atom. The molecule has 1 heterocycles. The van der Waals surface area contributed by atoms with Crippen LogP contribution in [0.4, 0.5) is 20.2 Å². The zero-order valence-corrected chi connectivity index (χ0v) is 15.1. The van der Waals surface area contributed by atoms with Crippen LogP contribution in [0.2, 0.25) is 0 Å². The quantitative estimate of drug-likeness (QED) is 0.870. The number of rotatable bonds is 4. The molecule has 6 heteroatoms. The van der Waals surface area contributed by atoms with Crippen LogP contribution < -0.4 is 16.0 Å². The molecule has 1 saturated heterocycles. The summed E-state index contributed by atoms with van der Waals surface area (Å²) in [4.78, 5) is 1.86. The molecule has 1 aromatic rings. The molecule has 0 spiro atoms. The first-order chi connectivity index (χ1) is 11.9. The first kappa shape index (κ1) is 18.4. The largest absolute Gasteiger partial charge is 0.382 e. The van der Waals surface area contributed by atoms with Crippen LogP contribution in [0.3, 0.4) is 0 Å². The maximum atomic E-state index is 14.6. The lowest BCUT2D eigenvalue weighted by Crippen LogP contribution is -2.45. The Morgan fingerprint density at radius 1 is 1.08 bits per heavy atom. The fraction of sp³-hybridized carbons (Fsp3) is 0.684. The molecule has 25 heavy (non-hydrogen) atoms. The van der Waals surface area contributed by atoms with Crippen LogP contribution in [0.1, 0.15) is 39.5 Å². The predicted molar refractivity (Wildman–Crippen MR) is 97.0 cm³/mol. The molecule has 2 fully saturated rings. The molecule has 1 unspecified atom stereocenters. The molecular weight excluding hydrogens is 324 g/mol. The van der Waals surface area contributed by atoms with Gasteiger partial charge in [0, 0.05) is 25.7 Å². The van der Waals surface area contributed by atoms with E-state index in [0.29, 0.717) is 37.3 Å². The number of benzene rings is 1. The van der Waals surface area contributed by atoms with Crippen molar-refractivity contribution >= 4 is 11.4 Å². The Hall–Kier alpha value is -1.40. The van der Waals surface area contributed by atoms with Crippen LogP contribution in [0.25, 0.3) is 0 Å². The number of nitrogens with two attached hydrogens (primary N) is 1. The van der Waals surface area contributed by atoms with Crippen LogP contribution in [0.5, 0.6) is 0 Å². The van der Waals surface area contributed by atoms with Crippen molar-refractivity contribution in [3.05, 3.63) is 23.8 Å². The van der Waals surface area contributed by atoms with Crippen molar-refractivity contribution in [2.45, 2.75) is 57.8 Å². The number of hydrogen-bond donors (Lipinski definition) is 2. The second kappa shape index (κ2) is 7.87. The maximum Gasteiger partial charge on any atom is 0.184 e. The van der Waals surface area contributed by atoms with Crippen LogP contribution in [0.15, 0.2) is 12.1 Å². The van der Waals surface area contributed by atoms with Gasteiger partial charge in [-0.15, -0.1) is 0 Å². The van der Waals surface area contributed by atoms with E-state index in [2.05, 4.69) is 5.32 Å². The summed E-state index contributed by atoms with van der Waals surface area (Å²) in [6, 6.07) is 3.61. The smallest absolute Gasteiger partial charge is 0.184 e. The Bertz CT molecular complexity index is 580. The zero-order chi connectivity index (χ0) is 18.0. The summed E-state index contributed by atoms with van der Waals surface area (Å²) in [7, 11) is 0. The Balaban J connectivity index is 1.66. The van der Waals surface area contributed by atoms with E-state index in [9.17, 15) is 8.78 Å². The number of morpholine rings is 1. The summed E-state index contributed by atoms with van der Waals surface area (Å²) in [5.41, 5.74) is 6.47. The summed E-state index contributed by atoms with van der Waals surface area (Å²) in [5, 5.41) is 3.09. The molecule has 3 N–H and O–H groups in total. The fourth-order valence-corrected chi connectivity index (χ4v) is 3.94. The van der Waals surface area contributed by atoms with E-state index in [1.807, 2.05) is 18.7 Å². The number of ether oxygens (including phenoxy) is 1. The molecule has 4 nitrogen and oxygen atoms in total. The van der Waals surface area contributed by atoms with E-state index < -0.39 is 11.6 Å². The second-order valence-electron chi connectivity index (χ2n) is 7.58. The molecule has 0 aromatic heterocycles. The minimum absolute atomic E-state index is 0.00156. The summed E-state index contributed by atoms with van der Waals surface area (Å²) >= 11 is 0. The van der Waals surface area contributed by atoms with E-state index >= 15 is 0 Å². The molecule has 2 atom stereocenters. The van der Waals surface area contributed by atoms with Gasteiger partial charge in [-0.05, 0) is 57.6 Å². The molecule has 1 saturated carbocycles. The van der Waals surface area contributed by atoms with Crippen molar-refractivity contribution in [2.75, 3.05) is 29.9 Å². The number of anilines is 2. The third kappa shape index (κ3) is 4.42. The van der Waals surface area contributed by atoms with Crippen molar-refractivity contribution < 1.29 is 13.5 Å². The molecule has 3 rings (SSSR count). The van der Waals surface area contributed by atoms with Crippen LogP contribution in [-0.4, -0.2) is 37.9 Å². The van der Waals surface area contributed by atoms with Gasteiger partial charge in [0.25, 0.3) is 0 Å². The molecule has 0 bridgehead atoms. The van der Waals surface area contributed by atoms with Gasteiger partial charge in [-0.2, -0.15) is 0 Å². The fourth-order valence-electron chi connectivity index (χ4n) is 3.94. The average molecular weight is 353 g/mol.